The summed E-state index contributed by atoms with van der Waals surface area (Å²) in [4.78, 5) is 13.3. The number of benzene rings is 1. The maximum Gasteiger partial charge on any atom is 0.254 e. The van der Waals surface area contributed by atoms with Gasteiger partial charge in [-0.25, -0.2) is 0 Å². The second-order valence-electron chi connectivity index (χ2n) is 3.28. The van der Waals surface area contributed by atoms with E-state index in [9.17, 15) is 4.79 Å². The highest BCUT2D eigenvalue weighted by Crippen LogP contribution is 2.24. The van der Waals surface area contributed by atoms with Crippen molar-refractivity contribution in [3.05, 3.63) is 29.3 Å². The van der Waals surface area contributed by atoms with E-state index in [4.69, 9.17) is 0 Å². The fourth-order valence-corrected chi connectivity index (χ4v) is 1.60. The third-order valence-corrected chi connectivity index (χ3v) is 2.38. The molecule has 1 N–H and O–H groups in total. The van der Waals surface area contributed by atoms with Gasteiger partial charge >= 0.3 is 0 Å². The third kappa shape index (κ3) is 1.16. The molecular weight excluding hydrogens is 164 g/mol. The van der Waals surface area contributed by atoms with Crippen molar-refractivity contribution in [3.63, 3.8) is 0 Å². The second kappa shape index (κ2) is 2.76. The summed E-state index contributed by atoms with van der Waals surface area (Å²) < 4.78 is 0. The van der Waals surface area contributed by atoms with Gasteiger partial charge in [-0.2, -0.15) is 0 Å². The molecule has 13 heavy (non-hydrogen) atoms. The first-order valence-corrected chi connectivity index (χ1v) is 4.28. The van der Waals surface area contributed by atoms with E-state index in [0.29, 0.717) is 0 Å². The Morgan fingerprint density at radius 1 is 1.46 bits per heavy atom. The summed E-state index contributed by atoms with van der Waals surface area (Å²) in [5.41, 5.74) is 2.93. The lowest BCUT2D eigenvalue weighted by molar-refractivity contribution is 0.0816. The van der Waals surface area contributed by atoms with Gasteiger partial charge in [0.05, 0.1) is 0 Å². The van der Waals surface area contributed by atoms with Crippen LogP contribution in [0.25, 0.3) is 0 Å². The summed E-state index contributed by atoms with van der Waals surface area (Å²) >= 11 is 0. The first-order chi connectivity index (χ1) is 6.22. The van der Waals surface area contributed by atoms with Crippen LogP contribution in [0.2, 0.25) is 0 Å². The van der Waals surface area contributed by atoms with Crippen LogP contribution in [0.1, 0.15) is 15.9 Å². The number of amides is 1. The van der Waals surface area contributed by atoms with Crippen molar-refractivity contribution >= 4 is 11.6 Å². The lowest BCUT2D eigenvalue weighted by atomic mass is 10.1. The molecule has 68 valence electrons. The van der Waals surface area contributed by atoms with Crippen molar-refractivity contribution in [2.45, 2.75) is 6.54 Å². The zero-order chi connectivity index (χ0) is 9.42. The van der Waals surface area contributed by atoms with Crippen LogP contribution in [0.5, 0.6) is 0 Å². The molecule has 3 nitrogen and oxygen atoms in total. The fraction of sp³-hybridized carbons (Fsp3) is 0.300. The first-order valence-electron chi connectivity index (χ1n) is 4.28. The Hall–Kier alpha value is -1.51. The fourth-order valence-electron chi connectivity index (χ4n) is 1.60. The molecule has 0 atom stereocenters. The van der Waals surface area contributed by atoms with Crippen molar-refractivity contribution in [1.82, 2.24) is 4.90 Å². The normalized spacial score (nSPS) is 14.6. The Morgan fingerprint density at radius 2 is 2.23 bits per heavy atom. The smallest absolute Gasteiger partial charge is 0.254 e. The number of fused-ring (bicyclic) bond motifs is 1. The zero-order valence-electron chi connectivity index (χ0n) is 7.79. The summed E-state index contributed by atoms with van der Waals surface area (Å²) in [5, 5.41) is 3.02. The number of hydrogen-bond acceptors (Lipinski definition) is 2. The molecule has 1 aliphatic rings. The maximum absolute atomic E-state index is 11.6. The standard InChI is InChI=1S/C10H12N2O/c1-11-8-4-3-7-6-12(2)10(13)9(7)5-8/h3-5,11H,6H2,1-2H3. The zero-order valence-corrected chi connectivity index (χ0v) is 7.79. The SMILES string of the molecule is CNc1ccc2c(c1)C(=O)N(C)C2. The van der Waals surface area contributed by atoms with E-state index in [2.05, 4.69) is 5.32 Å². The van der Waals surface area contributed by atoms with E-state index in [0.717, 1.165) is 23.4 Å². The molecule has 1 aromatic carbocycles. The van der Waals surface area contributed by atoms with Crippen LogP contribution in [0, 0.1) is 0 Å². The first kappa shape index (κ1) is 8.10. The molecule has 0 saturated heterocycles. The number of nitrogens with one attached hydrogen (secondary N) is 1. The van der Waals surface area contributed by atoms with Gasteiger partial charge in [0.2, 0.25) is 0 Å². The molecular formula is C10H12N2O. The van der Waals surface area contributed by atoms with Gasteiger partial charge < -0.3 is 10.2 Å². The van der Waals surface area contributed by atoms with Crippen LogP contribution in [0.15, 0.2) is 18.2 Å². The molecule has 1 aromatic rings. The molecule has 0 radical (unpaired) electrons. The molecule has 0 aromatic heterocycles. The van der Waals surface area contributed by atoms with Crippen LogP contribution in [-0.4, -0.2) is 24.9 Å². The van der Waals surface area contributed by atoms with Gasteiger partial charge in [0.1, 0.15) is 0 Å². The lowest BCUT2D eigenvalue weighted by Gasteiger charge is -2.04. The summed E-state index contributed by atoms with van der Waals surface area (Å²) in [6, 6.07) is 5.90. The molecule has 0 fully saturated rings. The number of carbonyl (C=O) groups excluding carboxylic acids is 1. The summed E-state index contributed by atoms with van der Waals surface area (Å²) in [6.07, 6.45) is 0. The summed E-state index contributed by atoms with van der Waals surface area (Å²) in [5.74, 6) is 0.118. The van der Waals surface area contributed by atoms with E-state index < -0.39 is 0 Å². The van der Waals surface area contributed by atoms with Crippen LogP contribution < -0.4 is 5.32 Å². The molecule has 0 unspecified atom stereocenters. The Morgan fingerprint density at radius 3 is 2.92 bits per heavy atom. The maximum atomic E-state index is 11.6. The largest absolute Gasteiger partial charge is 0.388 e. The predicted molar refractivity (Wildman–Crippen MR) is 51.8 cm³/mol. The Kier molecular flexibility index (Phi) is 1.72. The van der Waals surface area contributed by atoms with Crippen molar-refractivity contribution in [2.24, 2.45) is 0 Å². The molecule has 0 bridgehead atoms. The van der Waals surface area contributed by atoms with E-state index in [1.54, 1.807) is 4.90 Å². The number of anilines is 1. The highest BCUT2D eigenvalue weighted by Gasteiger charge is 2.23. The van der Waals surface area contributed by atoms with Crippen LogP contribution >= 0.6 is 0 Å². The van der Waals surface area contributed by atoms with Gasteiger partial charge in [-0.15, -0.1) is 0 Å². The van der Waals surface area contributed by atoms with Gasteiger partial charge in [0.15, 0.2) is 0 Å². The quantitative estimate of drug-likeness (QED) is 0.699. The van der Waals surface area contributed by atoms with Gasteiger partial charge in [-0.05, 0) is 17.7 Å². The average molecular weight is 176 g/mol. The number of rotatable bonds is 1. The highest BCUT2D eigenvalue weighted by atomic mass is 16.2. The number of nitrogens with zero attached hydrogens (tertiary/aromatic N) is 1. The van der Waals surface area contributed by atoms with Gasteiger partial charge in [0.25, 0.3) is 5.91 Å². The molecule has 1 amide bonds. The van der Waals surface area contributed by atoms with Gasteiger partial charge in [0, 0.05) is 31.9 Å². The summed E-state index contributed by atoms with van der Waals surface area (Å²) in [6.45, 7) is 0.734. The van der Waals surface area contributed by atoms with Crippen molar-refractivity contribution in [2.75, 3.05) is 19.4 Å². The van der Waals surface area contributed by atoms with E-state index in [1.807, 2.05) is 32.3 Å². The molecule has 0 saturated carbocycles. The second-order valence-corrected chi connectivity index (χ2v) is 3.28. The topological polar surface area (TPSA) is 32.3 Å². The van der Waals surface area contributed by atoms with Gasteiger partial charge in [-0.1, -0.05) is 6.07 Å². The van der Waals surface area contributed by atoms with Crippen LogP contribution in [0.4, 0.5) is 5.69 Å². The van der Waals surface area contributed by atoms with Gasteiger partial charge in [-0.3, -0.25) is 4.79 Å². The molecule has 1 heterocycles. The van der Waals surface area contributed by atoms with Crippen molar-refractivity contribution < 1.29 is 4.79 Å². The van der Waals surface area contributed by atoms with Crippen LogP contribution in [-0.2, 0) is 6.54 Å². The monoisotopic (exact) mass is 176 g/mol. The lowest BCUT2D eigenvalue weighted by Crippen LogP contribution is -2.17. The summed E-state index contributed by atoms with van der Waals surface area (Å²) in [7, 11) is 3.67. The molecule has 0 aliphatic carbocycles. The van der Waals surface area contributed by atoms with Crippen molar-refractivity contribution in [1.29, 1.82) is 0 Å². The highest BCUT2D eigenvalue weighted by molar-refractivity contribution is 5.99. The Bertz CT molecular complexity index is 360. The Labute approximate surface area is 77.4 Å². The van der Waals surface area contributed by atoms with E-state index in [-0.39, 0.29) is 5.91 Å². The molecule has 0 spiro atoms. The minimum atomic E-state index is 0.118. The predicted octanol–water partition coefficient (Wildman–Crippen LogP) is 1.31. The Balaban J connectivity index is 2.48. The number of carbonyl (C=O) groups is 1. The molecule has 2 rings (SSSR count). The molecule has 1 aliphatic heterocycles. The number of hydrogen-bond donors (Lipinski definition) is 1. The third-order valence-electron chi connectivity index (χ3n) is 2.38. The van der Waals surface area contributed by atoms with Crippen molar-refractivity contribution in [3.8, 4) is 0 Å². The average Bonchev–Trinajstić information content (AvgIpc) is 2.43. The van der Waals surface area contributed by atoms with E-state index >= 15 is 0 Å². The van der Waals surface area contributed by atoms with Crippen LogP contribution in [0.3, 0.4) is 0 Å². The molecule has 3 heteroatoms. The van der Waals surface area contributed by atoms with E-state index in [1.165, 1.54) is 0 Å². The minimum absolute atomic E-state index is 0.118. The minimum Gasteiger partial charge on any atom is -0.388 e.